The van der Waals surface area contributed by atoms with Gasteiger partial charge in [-0.3, -0.25) is 0 Å². The molecule has 168 valence electrons. The number of hydrogen-bond donors (Lipinski definition) is 3. The largest absolute Gasteiger partial charge is 0.375 e. The number of fused-ring (bicyclic) bond motifs is 1. The first-order valence-electron chi connectivity index (χ1n) is 10.4. The van der Waals surface area contributed by atoms with Crippen molar-refractivity contribution in [1.29, 1.82) is 0 Å². The average Bonchev–Trinajstić information content (AvgIpc) is 3.21. The van der Waals surface area contributed by atoms with Gasteiger partial charge in [0.2, 0.25) is 0 Å². The number of aliphatic hydroxyl groups is 1. The number of carbonyl (C=O) groups is 1. The van der Waals surface area contributed by atoms with Gasteiger partial charge in [0.1, 0.15) is 6.29 Å². The van der Waals surface area contributed by atoms with Crippen molar-refractivity contribution in [3.8, 4) is 0 Å². The molecule has 32 heavy (non-hydrogen) atoms. The highest BCUT2D eigenvalue weighted by Gasteiger charge is 2.21. The molecule has 11 nitrogen and oxygen atoms in total. The molecule has 11 heteroatoms. The van der Waals surface area contributed by atoms with Crippen molar-refractivity contribution in [2.45, 2.75) is 12.8 Å². The van der Waals surface area contributed by atoms with Crippen molar-refractivity contribution in [1.82, 2.24) is 25.1 Å². The smallest absolute Gasteiger partial charge is 0.251 e. The number of carbonyl (C=O) groups excluding carboxylic acids is 1. The Morgan fingerprint density at radius 3 is 3.12 bits per heavy atom. The Labute approximate surface area is 184 Å². The van der Waals surface area contributed by atoms with Gasteiger partial charge in [-0.15, -0.1) is 0 Å². The van der Waals surface area contributed by atoms with E-state index in [1.54, 1.807) is 17.1 Å². The van der Waals surface area contributed by atoms with Crippen LogP contribution in [0.4, 0.5) is 11.6 Å². The van der Waals surface area contributed by atoms with Crippen LogP contribution in [0.5, 0.6) is 0 Å². The Hall–Kier alpha value is -3.25. The number of aliphatic hydroxyl groups excluding tert-OH is 1. The number of aromatic nitrogens is 4. The second-order valence-electron chi connectivity index (χ2n) is 7.35. The second kappa shape index (κ2) is 10.4. The summed E-state index contributed by atoms with van der Waals surface area (Å²) in [6.45, 7) is 2.86. The molecule has 1 unspecified atom stereocenters. The number of anilines is 1. The van der Waals surface area contributed by atoms with E-state index in [-0.39, 0.29) is 19.0 Å². The van der Waals surface area contributed by atoms with Crippen molar-refractivity contribution < 1.29 is 14.6 Å². The predicted octanol–water partition coefficient (Wildman–Crippen LogP) is -0.151. The van der Waals surface area contributed by atoms with Gasteiger partial charge in [0.15, 0.2) is 11.9 Å². The monoisotopic (exact) mass is 438 g/mol. The third-order valence-corrected chi connectivity index (χ3v) is 5.09. The van der Waals surface area contributed by atoms with Gasteiger partial charge in [-0.2, -0.15) is 10.1 Å². The van der Waals surface area contributed by atoms with E-state index in [0.29, 0.717) is 44.2 Å². The van der Waals surface area contributed by atoms with Crippen LogP contribution < -0.4 is 16.0 Å². The molecule has 0 spiro atoms. The van der Waals surface area contributed by atoms with Gasteiger partial charge in [0.25, 0.3) is 5.95 Å². The average molecular weight is 438 g/mol. The lowest BCUT2D eigenvalue weighted by atomic mass is 10.1. The fourth-order valence-electron chi connectivity index (χ4n) is 3.50. The van der Waals surface area contributed by atoms with E-state index >= 15 is 0 Å². The number of aliphatic imine (C=N–C) groups is 1. The minimum Gasteiger partial charge on any atom is -0.375 e. The normalized spacial score (nSPS) is 17.1. The number of aldehydes is 1. The molecular weight excluding hydrogens is 412 g/mol. The van der Waals surface area contributed by atoms with Crippen LogP contribution in [-0.4, -0.2) is 82.5 Å². The van der Waals surface area contributed by atoms with Crippen LogP contribution in [0.3, 0.4) is 0 Å². The van der Waals surface area contributed by atoms with Crippen LogP contribution in [0, 0.1) is 0 Å². The lowest BCUT2D eigenvalue weighted by Crippen LogP contribution is -2.45. The standard InChI is InChI=1S/C21H26N8O3/c22-9-17(12-23-4-6-30)26-21-24-10-16-11-25-29(20(16)27-21)13-15-2-1-3-18(8-15)28-5-7-32-14-19(28)31/h1-3,6,8,10-11,19,23,31H,4-5,7,9,12-14,22H2. The summed E-state index contributed by atoms with van der Waals surface area (Å²) in [5, 5.41) is 18.4. The summed E-state index contributed by atoms with van der Waals surface area (Å²) in [6.07, 6.45) is 3.52. The van der Waals surface area contributed by atoms with E-state index in [2.05, 4.69) is 25.4 Å². The first-order chi connectivity index (χ1) is 15.7. The first kappa shape index (κ1) is 22.0. The summed E-state index contributed by atoms with van der Waals surface area (Å²) in [5.74, 6) is 0.290. The third-order valence-electron chi connectivity index (χ3n) is 5.09. The molecule has 2 aromatic heterocycles. The molecule has 1 aliphatic heterocycles. The third kappa shape index (κ3) is 5.14. The molecule has 0 bridgehead atoms. The molecule has 3 aromatic rings. The molecule has 1 aliphatic rings. The highest BCUT2D eigenvalue weighted by molar-refractivity contribution is 5.90. The molecule has 1 saturated heterocycles. The zero-order valence-electron chi connectivity index (χ0n) is 17.6. The molecule has 0 aliphatic carbocycles. The van der Waals surface area contributed by atoms with Gasteiger partial charge < -0.3 is 30.6 Å². The number of hydrogen-bond acceptors (Lipinski definition) is 10. The molecule has 0 radical (unpaired) electrons. The molecule has 4 rings (SSSR count). The highest BCUT2D eigenvalue weighted by atomic mass is 16.5. The molecule has 0 amide bonds. The number of nitrogens with two attached hydrogens (primary N) is 1. The van der Waals surface area contributed by atoms with Gasteiger partial charge in [-0.1, -0.05) is 12.1 Å². The van der Waals surface area contributed by atoms with E-state index in [1.807, 2.05) is 29.2 Å². The first-order valence-corrected chi connectivity index (χ1v) is 10.4. The Morgan fingerprint density at radius 1 is 1.41 bits per heavy atom. The Morgan fingerprint density at radius 2 is 2.31 bits per heavy atom. The lowest BCUT2D eigenvalue weighted by molar-refractivity contribution is -0.107. The van der Waals surface area contributed by atoms with Crippen molar-refractivity contribution in [2.24, 2.45) is 10.7 Å². The number of rotatable bonds is 9. The van der Waals surface area contributed by atoms with Gasteiger partial charge in [0.05, 0.1) is 37.9 Å². The minimum absolute atomic E-state index is 0.228. The van der Waals surface area contributed by atoms with E-state index < -0.39 is 6.23 Å². The molecule has 1 aromatic carbocycles. The zero-order chi connectivity index (χ0) is 22.3. The van der Waals surface area contributed by atoms with Crippen LogP contribution in [-0.2, 0) is 16.1 Å². The van der Waals surface area contributed by atoms with Crippen molar-refractivity contribution in [3.63, 3.8) is 0 Å². The van der Waals surface area contributed by atoms with E-state index in [1.165, 1.54) is 0 Å². The zero-order valence-corrected chi connectivity index (χ0v) is 17.6. The lowest BCUT2D eigenvalue weighted by Gasteiger charge is -2.34. The van der Waals surface area contributed by atoms with Crippen LogP contribution in [0.2, 0.25) is 0 Å². The maximum absolute atomic E-state index is 10.5. The minimum atomic E-state index is -0.657. The summed E-state index contributed by atoms with van der Waals surface area (Å²) < 4.78 is 7.10. The van der Waals surface area contributed by atoms with Gasteiger partial charge in [-0.25, -0.2) is 14.7 Å². The summed E-state index contributed by atoms with van der Waals surface area (Å²) in [6, 6.07) is 7.98. The number of nitrogens with zero attached hydrogens (tertiary/aromatic N) is 6. The highest BCUT2D eigenvalue weighted by Crippen LogP contribution is 2.22. The number of nitrogens with one attached hydrogen (secondary N) is 1. The quantitative estimate of drug-likeness (QED) is 0.236. The molecule has 0 saturated carbocycles. The van der Waals surface area contributed by atoms with Gasteiger partial charge >= 0.3 is 0 Å². The second-order valence-corrected chi connectivity index (χ2v) is 7.35. The van der Waals surface area contributed by atoms with Crippen LogP contribution in [0.25, 0.3) is 11.0 Å². The van der Waals surface area contributed by atoms with E-state index in [9.17, 15) is 9.90 Å². The maximum atomic E-state index is 10.5. The van der Waals surface area contributed by atoms with Gasteiger partial charge in [0, 0.05) is 37.2 Å². The molecule has 3 heterocycles. The van der Waals surface area contributed by atoms with Crippen molar-refractivity contribution in [3.05, 3.63) is 42.2 Å². The number of benzene rings is 1. The van der Waals surface area contributed by atoms with E-state index in [0.717, 1.165) is 22.9 Å². The fraction of sp³-hybridized carbons (Fsp3) is 0.381. The maximum Gasteiger partial charge on any atom is 0.251 e. The predicted molar refractivity (Wildman–Crippen MR) is 120 cm³/mol. The Balaban J connectivity index is 1.55. The summed E-state index contributed by atoms with van der Waals surface area (Å²) in [7, 11) is 0. The van der Waals surface area contributed by atoms with E-state index in [4.69, 9.17) is 10.5 Å². The Bertz CT molecular complexity index is 1100. The summed E-state index contributed by atoms with van der Waals surface area (Å²) in [4.78, 5) is 25.6. The van der Waals surface area contributed by atoms with Crippen LogP contribution >= 0.6 is 0 Å². The fourth-order valence-corrected chi connectivity index (χ4v) is 3.50. The molecule has 4 N–H and O–H groups in total. The molecular formula is C21H26N8O3. The molecule has 1 atom stereocenters. The summed E-state index contributed by atoms with van der Waals surface area (Å²) in [5.41, 5.74) is 9.02. The topological polar surface area (TPSA) is 144 Å². The Kier molecular flexibility index (Phi) is 7.12. The van der Waals surface area contributed by atoms with Crippen LogP contribution in [0.1, 0.15) is 5.56 Å². The SMILES string of the molecule is NCC(CNCC=O)=Nc1ncc2cnn(Cc3cccc(N4CCOCC4O)c3)c2n1. The van der Waals surface area contributed by atoms with Crippen molar-refractivity contribution in [2.75, 3.05) is 44.3 Å². The number of morpholine rings is 1. The van der Waals surface area contributed by atoms with Crippen molar-refractivity contribution >= 4 is 34.7 Å². The van der Waals surface area contributed by atoms with Crippen LogP contribution in [0.15, 0.2) is 41.7 Å². The van der Waals surface area contributed by atoms with Gasteiger partial charge in [-0.05, 0) is 17.7 Å². The summed E-state index contributed by atoms with van der Waals surface area (Å²) >= 11 is 0. The number of ether oxygens (including phenoxy) is 1. The molecule has 1 fully saturated rings.